The molecule has 146 valence electrons. The molecule has 1 aromatic heterocycles. The van der Waals surface area contributed by atoms with Gasteiger partial charge in [-0.2, -0.15) is 0 Å². The van der Waals surface area contributed by atoms with Crippen LogP contribution in [0.1, 0.15) is 32.9 Å². The number of carbonyl (C=O) groups excluding carboxylic acids is 1. The molecule has 0 aliphatic rings. The number of benzene rings is 2. The van der Waals surface area contributed by atoms with E-state index in [1.807, 2.05) is 32.0 Å². The minimum atomic E-state index is -0.482. The molecular weight excluding hydrogens is 495 g/mol. The molecule has 1 N–H and O–H groups in total. The zero-order chi connectivity index (χ0) is 20.4. The van der Waals surface area contributed by atoms with Crippen LogP contribution in [0.2, 0.25) is 0 Å². The maximum absolute atomic E-state index is 13.4. The first-order valence-electron chi connectivity index (χ1n) is 8.38. The maximum Gasteiger partial charge on any atom is 0.278 e. The molecule has 0 fully saturated rings. The molecule has 2 aromatic carbocycles. The van der Waals surface area contributed by atoms with Gasteiger partial charge in [-0.05, 0) is 82.0 Å². The van der Waals surface area contributed by atoms with E-state index in [1.54, 1.807) is 6.92 Å². The smallest absolute Gasteiger partial charge is 0.278 e. The van der Waals surface area contributed by atoms with Gasteiger partial charge in [0, 0.05) is 8.95 Å². The fraction of sp³-hybridized carbons (Fsp3) is 0.200. The minimum absolute atomic E-state index is 0.117. The van der Waals surface area contributed by atoms with Gasteiger partial charge in [0.2, 0.25) is 0 Å². The molecule has 0 atom stereocenters. The number of nitrogens with zero attached hydrogens (tertiary/aromatic N) is 1. The summed E-state index contributed by atoms with van der Waals surface area (Å²) in [4.78, 5) is 12.7. The second kappa shape index (κ2) is 8.45. The summed E-state index contributed by atoms with van der Waals surface area (Å²) in [7, 11) is 0. The van der Waals surface area contributed by atoms with Gasteiger partial charge in [0.1, 0.15) is 23.9 Å². The number of hydrogen-bond donors (Lipinski definition) is 1. The Hall–Kier alpha value is -2.19. The summed E-state index contributed by atoms with van der Waals surface area (Å²) in [5, 5.41) is 6.59. The van der Waals surface area contributed by atoms with Crippen LogP contribution in [0.3, 0.4) is 0 Å². The van der Waals surface area contributed by atoms with Crippen molar-refractivity contribution < 1.29 is 18.4 Å². The molecule has 0 radical (unpaired) electrons. The first-order chi connectivity index (χ1) is 13.3. The van der Waals surface area contributed by atoms with E-state index in [0.29, 0.717) is 26.0 Å². The van der Waals surface area contributed by atoms with Gasteiger partial charge in [0.25, 0.3) is 5.91 Å². The van der Waals surface area contributed by atoms with Crippen LogP contribution in [0.4, 0.5) is 10.1 Å². The number of carbonyl (C=O) groups is 1. The number of anilines is 1. The quantitative estimate of drug-likeness (QED) is 0.449. The molecule has 0 unspecified atom stereocenters. The molecule has 0 aliphatic heterocycles. The third-order valence-corrected chi connectivity index (χ3v) is 5.62. The second-order valence-corrected chi connectivity index (χ2v) is 7.96. The molecule has 0 aliphatic carbocycles. The van der Waals surface area contributed by atoms with Gasteiger partial charge in [0.15, 0.2) is 5.69 Å². The maximum atomic E-state index is 13.4. The Morgan fingerprint density at radius 2 is 1.89 bits per heavy atom. The van der Waals surface area contributed by atoms with Crippen LogP contribution in [0, 0.1) is 26.6 Å². The van der Waals surface area contributed by atoms with Gasteiger partial charge >= 0.3 is 0 Å². The molecule has 8 heteroatoms. The van der Waals surface area contributed by atoms with Gasteiger partial charge in [-0.3, -0.25) is 4.79 Å². The van der Waals surface area contributed by atoms with Crippen molar-refractivity contribution in [3.05, 3.63) is 73.2 Å². The zero-order valence-corrected chi connectivity index (χ0v) is 18.6. The number of halogens is 3. The normalized spacial score (nSPS) is 10.8. The van der Waals surface area contributed by atoms with Crippen LogP contribution < -0.4 is 10.1 Å². The van der Waals surface area contributed by atoms with Crippen LogP contribution in [0.25, 0.3) is 0 Å². The largest absolute Gasteiger partial charge is 0.488 e. The highest BCUT2D eigenvalue weighted by Crippen LogP contribution is 2.32. The third kappa shape index (κ3) is 4.28. The molecule has 0 saturated carbocycles. The van der Waals surface area contributed by atoms with E-state index >= 15 is 0 Å². The Kier molecular flexibility index (Phi) is 6.20. The van der Waals surface area contributed by atoms with Crippen molar-refractivity contribution in [2.45, 2.75) is 27.4 Å². The molecule has 1 amide bonds. The van der Waals surface area contributed by atoms with E-state index in [2.05, 4.69) is 42.3 Å². The van der Waals surface area contributed by atoms with Gasteiger partial charge in [-0.15, -0.1) is 0 Å². The topological polar surface area (TPSA) is 64.4 Å². The zero-order valence-electron chi connectivity index (χ0n) is 15.4. The lowest BCUT2D eigenvalue weighted by Crippen LogP contribution is -2.16. The lowest BCUT2D eigenvalue weighted by atomic mass is 10.1. The summed E-state index contributed by atoms with van der Waals surface area (Å²) in [6.45, 7) is 5.83. The van der Waals surface area contributed by atoms with Crippen LogP contribution in [-0.2, 0) is 6.61 Å². The van der Waals surface area contributed by atoms with Gasteiger partial charge in [-0.1, -0.05) is 17.3 Å². The predicted octanol–water partition coefficient (Wildman–Crippen LogP) is 6.10. The van der Waals surface area contributed by atoms with Gasteiger partial charge in [-0.25, -0.2) is 4.39 Å². The summed E-state index contributed by atoms with van der Waals surface area (Å²) < 4.78 is 25.4. The lowest BCUT2D eigenvalue weighted by molar-refractivity contribution is 0.101. The number of rotatable bonds is 5. The molecule has 3 rings (SSSR count). The Balaban J connectivity index is 1.82. The number of hydrogen-bond acceptors (Lipinski definition) is 4. The monoisotopic (exact) mass is 510 g/mol. The average Bonchev–Trinajstić information content (AvgIpc) is 3.00. The van der Waals surface area contributed by atoms with E-state index < -0.39 is 11.7 Å². The molecule has 3 aromatic rings. The minimum Gasteiger partial charge on any atom is -0.488 e. The van der Waals surface area contributed by atoms with Crippen molar-refractivity contribution in [3.8, 4) is 5.75 Å². The van der Waals surface area contributed by atoms with Gasteiger partial charge in [0.05, 0.1) is 11.3 Å². The van der Waals surface area contributed by atoms with E-state index in [1.165, 1.54) is 12.1 Å². The van der Waals surface area contributed by atoms with Crippen LogP contribution >= 0.6 is 31.9 Å². The Labute approximate surface area is 178 Å². The Morgan fingerprint density at radius 1 is 1.21 bits per heavy atom. The highest BCUT2D eigenvalue weighted by atomic mass is 79.9. The Morgan fingerprint density at radius 3 is 2.57 bits per heavy atom. The third-order valence-electron chi connectivity index (χ3n) is 4.37. The highest BCUT2D eigenvalue weighted by molar-refractivity contribution is 9.11. The number of aryl methyl sites for hydroxylation is 2. The number of amides is 1. The summed E-state index contributed by atoms with van der Waals surface area (Å²) in [6.07, 6.45) is 0. The van der Waals surface area contributed by atoms with Gasteiger partial charge < -0.3 is 14.6 Å². The van der Waals surface area contributed by atoms with Crippen LogP contribution in [0.5, 0.6) is 5.75 Å². The summed E-state index contributed by atoms with van der Waals surface area (Å²) >= 11 is 6.49. The van der Waals surface area contributed by atoms with Crippen molar-refractivity contribution in [1.29, 1.82) is 0 Å². The lowest BCUT2D eigenvalue weighted by Gasteiger charge is -2.12. The van der Waals surface area contributed by atoms with Crippen LogP contribution in [0.15, 0.2) is 43.8 Å². The van der Waals surface area contributed by atoms with Crippen molar-refractivity contribution in [3.63, 3.8) is 0 Å². The van der Waals surface area contributed by atoms with Crippen molar-refractivity contribution in [2.75, 3.05) is 5.32 Å². The molecule has 5 nitrogen and oxygen atoms in total. The molecule has 0 bridgehead atoms. The summed E-state index contributed by atoms with van der Waals surface area (Å²) in [5.41, 5.74) is 3.21. The second-order valence-electron chi connectivity index (χ2n) is 6.25. The Bertz CT molecular complexity index is 1030. The molecule has 0 saturated heterocycles. The number of nitrogens with one attached hydrogen (secondary N) is 1. The fourth-order valence-corrected chi connectivity index (χ4v) is 3.93. The first kappa shape index (κ1) is 20.5. The van der Waals surface area contributed by atoms with E-state index in [0.717, 1.165) is 16.9 Å². The van der Waals surface area contributed by atoms with E-state index in [9.17, 15) is 9.18 Å². The first-order valence-corrected chi connectivity index (χ1v) is 9.96. The van der Waals surface area contributed by atoms with Crippen LogP contribution in [-0.4, -0.2) is 11.1 Å². The predicted molar refractivity (Wildman–Crippen MR) is 111 cm³/mol. The average molecular weight is 512 g/mol. The highest BCUT2D eigenvalue weighted by Gasteiger charge is 2.22. The van der Waals surface area contributed by atoms with Crippen molar-refractivity contribution >= 4 is 43.5 Å². The van der Waals surface area contributed by atoms with E-state index in [4.69, 9.17) is 9.26 Å². The molecule has 28 heavy (non-hydrogen) atoms. The van der Waals surface area contributed by atoms with Crippen molar-refractivity contribution in [1.82, 2.24) is 5.16 Å². The number of ether oxygens (including phenoxy) is 1. The number of aromatic nitrogens is 1. The summed E-state index contributed by atoms with van der Waals surface area (Å²) in [5.74, 6) is 0.310. The SMILES string of the molecule is Cc1cccc(OCc2c(C(=O)Nc3c(Br)cc(F)cc3Br)noc2C)c1C. The standard InChI is InChI=1S/C20H17Br2FN2O3/c1-10-5-4-6-17(11(10)2)27-9-14-12(3)28-25-18(14)20(26)24-19-15(21)7-13(23)8-16(19)22/h4-8H,9H2,1-3H3,(H,24,26). The summed E-state index contributed by atoms with van der Waals surface area (Å²) in [6, 6.07) is 8.31. The molecular formula is C20H17Br2FN2O3. The van der Waals surface area contributed by atoms with Crippen molar-refractivity contribution in [2.24, 2.45) is 0 Å². The molecule has 0 spiro atoms. The molecule has 1 heterocycles. The van der Waals surface area contributed by atoms with E-state index in [-0.39, 0.29) is 12.3 Å². The fourth-order valence-electron chi connectivity index (χ4n) is 2.60.